The average Bonchev–Trinajstić information content (AvgIpc) is 2.24. The summed E-state index contributed by atoms with van der Waals surface area (Å²) in [6, 6.07) is 0.561. The van der Waals surface area contributed by atoms with Gasteiger partial charge < -0.3 is 15.0 Å². The monoisotopic (exact) mass is 228 g/mol. The standard InChI is InChI=1S/C13H28N2O/c1-13(2,3)6-9-15(4)8-5-12-11-16-10-7-14-12/h12,14H,5-11H2,1-4H3. The Morgan fingerprint density at radius 3 is 2.62 bits per heavy atom. The van der Waals surface area contributed by atoms with E-state index in [4.69, 9.17) is 4.74 Å². The minimum absolute atomic E-state index is 0.445. The van der Waals surface area contributed by atoms with Crippen LogP contribution in [0.3, 0.4) is 0 Å². The second-order valence-corrected chi connectivity index (χ2v) is 6.13. The van der Waals surface area contributed by atoms with E-state index >= 15 is 0 Å². The third-order valence-electron chi connectivity index (χ3n) is 3.10. The molecule has 1 saturated heterocycles. The van der Waals surface area contributed by atoms with E-state index in [0.29, 0.717) is 11.5 Å². The van der Waals surface area contributed by atoms with Crippen molar-refractivity contribution in [2.75, 3.05) is 39.9 Å². The lowest BCUT2D eigenvalue weighted by Crippen LogP contribution is -2.43. The molecule has 96 valence electrons. The van der Waals surface area contributed by atoms with Gasteiger partial charge in [-0.1, -0.05) is 20.8 Å². The van der Waals surface area contributed by atoms with Crippen molar-refractivity contribution in [2.45, 2.75) is 39.7 Å². The first-order valence-corrected chi connectivity index (χ1v) is 6.47. The fourth-order valence-electron chi connectivity index (χ4n) is 1.82. The van der Waals surface area contributed by atoms with Crippen LogP contribution in [0, 0.1) is 5.41 Å². The van der Waals surface area contributed by atoms with E-state index < -0.39 is 0 Å². The molecule has 1 fully saturated rings. The normalized spacial score (nSPS) is 22.7. The summed E-state index contributed by atoms with van der Waals surface area (Å²) in [5.74, 6) is 0. The molecular formula is C13H28N2O. The summed E-state index contributed by atoms with van der Waals surface area (Å²) in [7, 11) is 2.22. The van der Waals surface area contributed by atoms with Crippen LogP contribution in [0.4, 0.5) is 0 Å². The molecule has 3 nitrogen and oxygen atoms in total. The summed E-state index contributed by atoms with van der Waals surface area (Å²) in [5, 5.41) is 3.50. The Hall–Kier alpha value is -0.120. The Balaban J connectivity index is 2.07. The largest absolute Gasteiger partial charge is 0.379 e. The van der Waals surface area contributed by atoms with Gasteiger partial charge in [-0.05, 0) is 38.4 Å². The molecule has 1 unspecified atom stereocenters. The number of hydrogen-bond acceptors (Lipinski definition) is 3. The van der Waals surface area contributed by atoms with Crippen molar-refractivity contribution < 1.29 is 4.74 Å². The number of morpholine rings is 1. The number of hydrogen-bond donors (Lipinski definition) is 1. The molecular weight excluding hydrogens is 200 g/mol. The maximum Gasteiger partial charge on any atom is 0.0620 e. The van der Waals surface area contributed by atoms with Crippen molar-refractivity contribution in [3.05, 3.63) is 0 Å². The second-order valence-electron chi connectivity index (χ2n) is 6.13. The second kappa shape index (κ2) is 6.58. The summed E-state index contributed by atoms with van der Waals surface area (Å²) >= 11 is 0. The van der Waals surface area contributed by atoms with Crippen molar-refractivity contribution in [3.8, 4) is 0 Å². The highest BCUT2D eigenvalue weighted by Crippen LogP contribution is 2.18. The third-order valence-corrected chi connectivity index (χ3v) is 3.10. The highest BCUT2D eigenvalue weighted by atomic mass is 16.5. The van der Waals surface area contributed by atoms with Crippen LogP contribution in [-0.4, -0.2) is 50.8 Å². The van der Waals surface area contributed by atoms with Crippen molar-refractivity contribution in [2.24, 2.45) is 5.41 Å². The molecule has 0 amide bonds. The van der Waals surface area contributed by atoms with Crippen LogP contribution >= 0.6 is 0 Å². The van der Waals surface area contributed by atoms with Crippen molar-refractivity contribution in [1.82, 2.24) is 10.2 Å². The van der Waals surface area contributed by atoms with Gasteiger partial charge in [0, 0.05) is 12.6 Å². The lowest BCUT2D eigenvalue weighted by molar-refractivity contribution is 0.0706. The van der Waals surface area contributed by atoms with Gasteiger partial charge in [-0.2, -0.15) is 0 Å². The van der Waals surface area contributed by atoms with Crippen LogP contribution in [-0.2, 0) is 4.74 Å². The SMILES string of the molecule is CN(CCC1COCCN1)CCC(C)(C)C. The van der Waals surface area contributed by atoms with Crippen molar-refractivity contribution >= 4 is 0 Å². The first kappa shape index (κ1) is 13.9. The Kier molecular flexibility index (Phi) is 5.73. The molecule has 0 aromatic rings. The topological polar surface area (TPSA) is 24.5 Å². The van der Waals surface area contributed by atoms with Crippen LogP contribution in [0.15, 0.2) is 0 Å². The highest BCUT2D eigenvalue weighted by molar-refractivity contribution is 4.72. The van der Waals surface area contributed by atoms with Gasteiger partial charge in [-0.3, -0.25) is 0 Å². The molecule has 0 aromatic heterocycles. The Morgan fingerprint density at radius 2 is 2.06 bits per heavy atom. The molecule has 1 heterocycles. The van der Waals surface area contributed by atoms with E-state index in [9.17, 15) is 0 Å². The van der Waals surface area contributed by atoms with Gasteiger partial charge in [0.1, 0.15) is 0 Å². The molecule has 3 heteroatoms. The van der Waals surface area contributed by atoms with Crippen molar-refractivity contribution in [1.29, 1.82) is 0 Å². The molecule has 1 atom stereocenters. The minimum Gasteiger partial charge on any atom is -0.379 e. The van der Waals surface area contributed by atoms with Crippen molar-refractivity contribution in [3.63, 3.8) is 0 Å². The lowest BCUT2D eigenvalue weighted by Gasteiger charge is -2.27. The predicted octanol–water partition coefficient (Wildman–Crippen LogP) is 1.73. The van der Waals surface area contributed by atoms with Gasteiger partial charge in [0.15, 0.2) is 0 Å². The average molecular weight is 228 g/mol. The van der Waals surface area contributed by atoms with E-state index in [1.54, 1.807) is 0 Å². The Labute approximate surface area is 101 Å². The first-order valence-electron chi connectivity index (χ1n) is 6.47. The van der Waals surface area contributed by atoms with E-state index in [-0.39, 0.29) is 0 Å². The summed E-state index contributed by atoms with van der Waals surface area (Å²) in [6.45, 7) is 12.0. The number of nitrogens with zero attached hydrogens (tertiary/aromatic N) is 1. The van der Waals surface area contributed by atoms with Crippen LogP contribution in [0.1, 0.15) is 33.6 Å². The van der Waals surface area contributed by atoms with E-state index in [1.165, 1.54) is 19.4 Å². The number of rotatable bonds is 5. The maximum atomic E-state index is 5.45. The minimum atomic E-state index is 0.445. The summed E-state index contributed by atoms with van der Waals surface area (Å²) in [6.07, 6.45) is 2.46. The zero-order valence-electron chi connectivity index (χ0n) is 11.4. The molecule has 0 saturated carbocycles. The highest BCUT2D eigenvalue weighted by Gasteiger charge is 2.15. The molecule has 0 aromatic carbocycles. The molecule has 16 heavy (non-hydrogen) atoms. The zero-order chi connectivity index (χ0) is 12.0. The van der Waals surface area contributed by atoms with Gasteiger partial charge in [0.25, 0.3) is 0 Å². The third kappa shape index (κ3) is 6.46. The van der Waals surface area contributed by atoms with E-state index in [2.05, 4.69) is 38.0 Å². The van der Waals surface area contributed by atoms with E-state index in [1.807, 2.05) is 0 Å². The molecule has 0 spiro atoms. The lowest BCUT2D eigenvalue weighted by atomic mass is 9.92. The summed E-state index contributed by atoms with van der Waals surface area (Å²) in [5.41, 5.74) is 0.445. The number of nitrogens with one attached hydrogen (secondary N) is 1. The van der Waals surface area contributed by atoms with Crippen LogP contribution in [0.5, 0.6) is 0 Å². The molecule has 0 bridgehead atoms. The molecule has 1 aliphatic heterocycles. The zero-order valence-corrected chi connectivity index (χ0v) is 11.4. The van der Waals surface area contributed by atoms with Crippen LogP contribution in [0.2, 0.25) is 0 Å². The van der Waals surface area contributed by atoms with Gasteiger partial charge in [0.05, 0.1) is 13.2 Å². The Morgan fingerprint density at radius 1 is 1.31 bits per heavy atom. The molecule has 0 radical (unpaired) electrons. The van der Waals surface area contributed by atoms with E-state index in [0.717, 1.165) is 26.3 Å². The van der Waals surface area contributed by atoms with Crippen LogP contribution in [0.25, 0.3) is 0 Å². The predicted molar refractivity (Wildman–Crippen MR) is 68.8 cm³/mol. The number of ether oxygens (including phenoxy) is 1. The molecule has 1 N–H and O–H groups in total. The summed E-state index contributed by atoms with van der Waals surface area (Å²) in [4.78, 5) is 2.43. The van der Waals surface area contributed by atoms with Gasteiger partial charge in [0.2, 0.25) is 0 Å². The van der Waals surface area contributed by atoms with Gasteiger partial charge in [-0.25, -0.2) is 0 Å². The Bertz CT molecular complexity index is 183. The summed E-state index contributed by atoms with van der Waals surface area (Å²) < 4.78 is 5.45. The molecule has 0 aliphatic carbocycles. The van der Waals surface area contributed by atoms with Gasteiger partial charge >= 0.3 is 0 Å². The molecule has 1 rings (SSSR count). The smallest absolute Gasteiger partial charge is 0.0620 e. The maximum absolute atomic E-state index is 5.45. The molecule has 1 aliphatic rings. The first-order chi connectivity index (χ1) is 7.47. The quantitative estimate of drug-likeness (QED) is 0.775. The van der Waals surface area contributed by atoms with Gasteiger partial charge in [-0.15, -0.1) is 0 Å². The fourth-order valence-corrected chi connectivity index (χ4v) is 1.82. The fraction of sp³-hybridized carbons (Fsp3) is 1.00. The van der Waals surface area contributed by atoms with Crippen LogP contribution < -0.4 is 5.32 Å².